The lowest BCUT2D eigenvalue weighted by Gasteiger charge is -2.13. The topological polar surface area (TPSA) is 89.0 Å². The van der Waals surface area contributed by atoms with Crippen LogP contribution in [0.1, 0.15) is 28.5 Å². The third-order valence-corrected chi connectivity index (χ3v) is 3.29. The summed E-state index contributed by atoms with van der Waals surface area (Å²) in [6.45, 7) is 1.56. The second-order valence-corrected chi connectivity index (χ2v) is 5.26. The van der Waals surface area contributed by atoms with Crippen molar-refractivity contribution in [2.75, 3.05) is 5.73 Å². The van der Waals surface area contributed by atoms with Crippen molar-refractivity contribution in [2.24, 2.45) is 0 Å². The van der Waals surface area contributed by atoms with Gasteiger partial charge in [0.2, 0.25) is 0 Å². The lowest BCUT2D eigenvalue weighted by Crippen LogP contribution is -2.06. The van der Waals surface area contributed by atoms with Crippen molar-refractivity contribution in [1.29, 1.82) is 5.26 Å². The average molecular weight is 346 g/mol. The first kappa shape index (κ1) is 15.0. The molecule has 0 unspecified atom stereocenters. The molecule has 0 radical (unpaired) electrons. The summed E-state index contributed by atoms with van der Waals surface area (Å²) in [6, 6.07) is 8.78. The zero-order chi connectivity index (χ0) is 15.4. The van der Waals surface area contributed by atoms with Gasteiger partial charge in [0.1, 0.15) is 18.4 Å². The summed E-state index contributed by atoms with van der Waals surface area (Å²) in [7, 11) is 0. The number of aromatic nitrogens is 1. The van der Waals surface area contributed by atoms with Gasteiger partial charge < -0.3 is 10.5 Å². The number of anilines is 1. The minimum atomic E-state index is -0.148. The number of pyridine rings is 1. The van der Waals surface area contributed by atoms with Crippen LogP contribution < -0.4 is 10.5 Å². The maximum absolute atomic E-state index is 11.7. The van der Waals surface area contributed by atoms with E-state index in [1.54, 1.807) is 24.3 Å². The number of hydrogen-bond donors (Lipinski definition) is 1. The molecule has 2 aromatic rings. The molecule has 0 aliphatic carbocycles. The number of nitrogens with two attached hydrogens (primary N) is 1. The molecule has 0 bridgehead atoms. The van der Waals surface area contributed by atoms with Crippen molar-refractivity contribution in [3.05, 3.63) is 51.8 Å². The highest BCUT2D eigenvalue weighted by atomic mass is 79.9. The summed E-state index contributed by atoms with van der Waals surface area (Å²) in [4.78, 5) is 15.6. The lowest BCUT2D eigenvalue weighted by atomic mass is 10.1. The number of Topliss-reactive ketones (excluding diaryl/α,β-unsaturated/α-hetero) is 1. The maximum atomic E-state index is 11.7. The van der Waals surface area contributed by atoms with Crippen LogP contribution in [-0.2, 0) is 6.61 Å². The number of carbonyl (C=O) groups excluding carboxylic acids is 1. The molecule has 106 valence electrons. The van der Waals surface area contributed by atoms with Gasteiger partial charge in [-0.3, -0.25) is 4.79 Å². The number of ether oxygens (including phenoxy) is 1. The molecule has 0 fully saturated rings. The van der Waals surface area contributed by atoms with Gasteiger partial charge in [-0.25, -0.2) is 4.98 Å². The van der Waals surface area contributed by atoms with Gasteiger partial charge >= 0.3 is 0 Å². The van der Waals surface area contributed by atoms with Gasteiger partial charge in [-0.2, -0.15) is 5.26 Å². The van der Waals surface area contributed by atoms with E-state index in [1.165, 1.54) is 13.1 Å². The number of ketones is 1. The van der Waals surface area contributed by atoms with Gasteiger partial charge in [0, 0.05) is 16.2 Å². The summed E-state index contributed by atoms with van der Waals surface area (Å²) in [5.74, 6) is 0.170. The second kappa shape index (κ2) is 6.37. The largest absolute Gasteiger partial charge is 0.486 e. The smallest absolute Gasteiger partial charge is 0.163 e. The summed E-state index contributed by atoms with van der Waals surface area (Å²) < 4.78 is 6.36. The van der Waals surface area contributed by atoms with Crippen LogP contribution in [0.5, 0.6) is 5.75 Å². The first-order valence-electron chi connectivity index (χ1n) is 6.09. The first-order chi connectivity index (χ1) is 10.0. The predicted octanol–water partition coefficient (Wildman–Crippen LogP) is 3.08. The Hall–Kier alpha value is -2.39. The van der Waals surface area contributed by atoms with Crippen LogP contribution in [0.25, 0.3) is 0 Å². The summed E-state index contributed by atoms with van der Waals surface area (Å²) in [5, 5.41) is 9.00. The van der Waals surface area contributed by atoms with Crippen molar-refractivity contribution in [3.8, 4) is 11.8 Å². The Bertz CT molecular complexity index is 738. The summed E-state index contributed by atoms with van der Waals surface area (Å²) in [5.41, 5.74) is 7.58. The zero-order valence-electron chi connectivity index (χ0n) is 11.3. The van der Waals surface area contributed by atoms with E-state index < -0.39 is 0 Å². The van der Waals surface area contributed by atoms with Gasteiger partial charge in [0.05, 0.1) is 11.3 Å². The fourth-order valence-electron chi connectivity index (χ4n) is 1.84. The van der Waals surface area contributed by atoms with Crippen LogP contribution in [0.15, 0.2) is 34.9 Å². The van der Waals surface area contributed by atoms with Crippen LogP contribution in [0, 0.1) is 11.3 Å². The Morgan fingerprint density at radius 1 is 1.52 bits per heavy atom. The van der Waals surface area contributed by atoms with Crippen LogP contribution in [0.2, 0.25) is 0 Å². The van der Waals surface area contributed by atoms with E-state index in [1.807, 2.05) is 6.07 Å². The highest BCUT2D eigenvalue weighted by molar-refractivity contribution is 9.10. The Balaban J connectivity index is 2.32. The van der Waals surface area contributed by atoms with Crippen LogP contribution >= 0.6 is 15.9 Å². The molecular weight excluding hydrogens is 334 g/mol. The summed E-state index contributed by atoms with van der Waals surface area (Å²) in [6.07, 6.45) is 1.54. The van der Waals surface area contributed by atoms with Gasteiger partial charge in [0.15, 0.2) is 11.5 Å². The number of nitrogens with zero attached hydrogens (tertiary/aromatic N) is 2. The Labute approximate surface area is 130 Å². The molecule has 1 heterocycles. The average Bonchev–Trinajstić information content (AvgIpc) is 2.45. The van der Waals surface area contributed by atoms with E-state index in [-0.39, 0.29) is 18.1 Å². The van der Waals surface area contributed by atoms with Gasteiger partial charge in [-0.1, -0.05) is 22.0 Å². The minimum absolute atomic E-state index is 0.114. The van der Waals surface area contributed by atoms with E-state index in [4.69, 9.17) is 15.7 Å². The molecule has 0 aliphatic rings. The quantitative estimate of drug-likeness (QED) is 0.679. The van der Waals surface area contributed by atoms with Crippen LogP contribution in [0.3, 0.4) is 0 Å². The van der Waals surface area contributed by atoms with Crippen molar-refractivity contribution in [3.63, 3.8) is 0 Å². The van der Waals surface area contributed by atoms with Gasteiger partial charge in [0.25, 0.3) is 0 Å². The molecule has 6 heteroatoms. The molecule has 21 heavy (non-hydrogen) atoms. The van der Waals surface area contributed by atoms with Crippen LogP contribution in [-0.4, -0.2) is 10.8 Å². The fraction of sp³-hybridized carbons (Fsp3) is 0.133. The second-order valence-electron chi connectivity index (χ2n) is 4.34. The molecular formula is C15H12BrN3O2. The van der Waals surface area contributed by atoms with E-state index in [2.05, 4.69) is 20.9 Å². The third-order valence-electron chi connectivity index (χ3n) is 2.83. The van der Waals surface area contributed by atoms with Crippen LogP contribution in [0.4, 0.5) is 5.69 Å². The van der Waals surface area contributed by atoms with E-state index in [0.29, 0.717) is 27.0 Å². The van der Waals surface area contributed by atoms with E-state index >= 15 is 0 Å². The third kappa shape index (κ3) is 3.38. The molecule has 0 aliphatic heterocycles. The fourth-order valence-corrected chi connectivity index (χ4v) is 2.32. The molecule has 1 aromatic carbocycles. The Morgan fingerprint density at radius 3 is 2.95 bits per heavy atom. The standard InChI is InChI=1S/C15H12BrN3O2/c1-9(20)12-5-11(16)6-13(18)15(12)21-8-10-3-2-4-19-14(10)7-17/h2-6H,8,18H2,1H3. The minimum Gasteiger partial charge on any atom is -0.486 e. The number of halogens is 1. The predicted molar refractivity (Wildman–Crippen MR) is 81.8 cm³/mol. The molecule has 2 rings (SSSR count). The van der Waals surface area contributed by atoms with Crippen molar-refractivity contribution in [1.82, 2.24) is 4.98 Å². The Kier molecular flexibility index (Phi) is 4.55. The molecule has 0 saturated heterocycles. The monoisotopic (exact) mass is 345 g/mol. The number of carbonyl (C=O) groups is 1. The van der Waals surface area contributed by atoms with Crippen molar-refractivity contribution in [2.45, 2.75) is 13.5 Å². The van der Waals surface area contributed by atoms with Crippen molar-refractivity contribution < 1.29 is 9.53 Å². The number of hydrogen-bond acceptors (Lipinski definition) is 5. The lowest BCUT2D eigenvalue weighted by molar-refractivity contribution is 0.101. The highest BCUT2D eigenvalue weighted by Crippen LogP contribution is 2.31. The van der Waals surface area contributed by atoms with Gasteiger partial charge in [-0.15, -0.1) is 0 Å². The number of benzene rings is 1. The first-order valence-corrected chi connectivity index (χ1v) is 6.89. The molecule has 5 nitrogen and oxygen atoms in total. The molecule has 0 saturated carbocycles. The SMILES string of the molecule is CC(=O)c1cc(Br)cc(N)c1OCc1cccnc1C#N. The van der Waals surface area contributed by atoms with Gasteiger partial charge in [-0.05, 0) is 25.1 Å². The molecule has 0 amide bonds. The summed E-state index contributed by atoms with van der Waals surface area (Å²) >= 11 is 3.29. The number of rotatable bonds is 4. The zero-order valence-corrected chi connectivity index (χ0v) is 12.8. The molecule has 1 aromatic heterocycles. The normalized spacial score (nSPS) is 9.95. The number of nitriles is 1. The van der Waals surface area contributed by atoms with E-state index in [0.717, 1.165) is 0 Å². The maximum Gasteiger partial charge on any atom is 0.163 e. The highest BCUT2D eigenvalue weighted by Gasteiger charge is 2.14. The number of nitrogen functional groups attached to an aromatic ring is 1. The molecule has 0 atom stereocenters. The molecule has 0 spiro atoms. The van der Waals surface area contributed by atoms with E-state index in [9.17, 15) is 4.79 Å². The van der Waals surface area contributed by atoms with Crippen molar-refractivity contribution >= 4 is 27.4 Å². The Morgan fingerprint density at radius 2 is 2.29 bits per heavy atom. The molecule has 2 N–H and O–H groups in total.